The van der Waals surface area contributed by atoms with Crippen LogP contribution in [-0.2, 0) is 0 Å². The number of nitrogens with zero attached hydrogens (tertiary/aromatic N) is 1. The van der Waals surface area contributed by atoms with Gasteiger partial charge < -0.3 is 15.3 Å². The normalized spacial score (nSPS) is 24.7. The van der Waals surface area contributed by atoms with Gasteiger partial charge in [-0.1, -0.05) is 13.8 Å². The molecule has 18 heavy (non-hydrogen) atoms. The number of piperidine rings is 1. The highest BCUT2D eigenvalue weighted by Gasteiger charge is 2.41. The Hall–Kier alpha value is -0.120. The Bertz CT molecular complexity index is 243. The molecule has 2 N–H and O–H groups in total. The van der Waals surface area contributed by atoms with E-state index in [0.29, 0.717) is 18.1 Å². The first-order valence-corrected chi connectivity index (χ1v) is 7.70. The van der Waals surface area contributed by atoms with Crippen LogP contribution in [-0.4, -0.2) is 48.8 Å². The lowest BCUT2D eigenvalue weighted by Crippen LogP contribution is -2.45. The summed E-state index contributed by atoms with van der Waals surface area (Å²) in [6.45, 7) is 9.84. The monoisotopic (exact) mass is 254 g/mol. The molecule has 3 heteroatoms. The third-order valence-electron chi connectivity index (χ3n) is 4.58. The fourth-order valence-electron chi connectivity index (χ4n) is 3.13. The summed E-state index contributed by atoms with van der Waals surface area (Å²) in [4.78, 5) is 2.60. The van der Waals surface area contributed by atoms with Gasteiger partial charge in [0.15, 0.2) is 0 Å². The average Bonchev–Trinajstić information content (AvgIpc) is 3.09. The van der Waals surface area contributed by atoms with Crippen molar-refractivity contribution in [1.82, 2.24) is 10.2 Å². The summed E-state index contributed by atoms with van der Waals surface area (Å²) >= 11 is 0. The minimum atomic E-state index is 0.356. The Morgan fingerprint density at radius 1 is 1.28 bits per heavy atom. The van der Waals surface area contributed by atoms with Crippen molar-refractivity contribution in [1.29, 1.82) is 0 Å². The first kappa shape index (κ1) is 14.3. The zero-order chi connectivity index (χ0) is 13.0. The van der Waals surface area contributed by atoms with Crippen molar-refractivity contribution < 1.29 is 5.11 Å². The number of rotatable bonds is 7. The van der Waals surface area contributed by atoms with Crippen molar-refractivity contribution in [2.24, 2.45) is 11.3 Å². The zero-order valence-electron chi connectivity index (χ0n) is 12.1. The number of hydrogen-bond acceptors (Lipinski definition) is 3. The van der Waals surface area contributed by atoms with Gasteiger partial charge in [-0.25, -0.2) is 0 Å². The van der Waals surface area contributed by atoms with E-state index in [0.717, 1.165) is 18.9 Å². The first-order valence-electron chi connectivity index (χ1n) is 7.70. The molecule has 2 fully saturated rings. The molecular formula is C15H30N2O. The largest absolute Gasteiger partial charge is 0.396 e. The van der Waals surface area contributed by atoms with Crippen LogP contribution in [0.2, 0.25) is 0 Å². The Morgan fingerprint density at radius 2 is 1.94 bits per heavy atom. The molecule has 0 bridgehead atoms. The van der Waals surface area contributed by atoms with Crippen LogP contribution < -0.4 is 5.32 Å². The molecular weight excluding hydrogens is 224 g/mol. The molecule has 2 aliphatic rings. The quantitative estimate of drug-likeness (QED) is 0.728. The Labute approximate surface area is 112 Å². The van der Waals surface area contributed by atoms with E-state index in [2.05, 4.69) is 24.1 Å². The van der Waals surface area contributed by atoms with Crippen LogP contribution in [0.25, 0.3) is 0 Å². The van der Waals surface area contributed by atoms with Crippen molar-refractivity contribution in [3.8, 4) is 0 Å². The van der Waals surface area contributed by atoms with Crippen molar-refractivity contribution in [2.45, 2.75) is 52.0 Å². The fourth-order valence-corrected chi connectivity index (χ4v) is 3.13. The molecule has 0 unspecified atom stereocenters. The maximum absolute atomic E-state index is 9.06. The highest BCUT2D eigenvalue weighted by Crippen LogP contribution is 2.48. The van der Waals surface area contributed by atoms with E-state index in [9.17, 15) is 0 Å². The second kappa shape index (κ2) is 6.36. The zero-order valence-corrected chi connectivity index (χ0v) is 12.1. The van der Waals surface area contributed by atoms with Gasteiger partial charge >= 0.3 is 0 Å². The first-order chi connectivity index (χ1) is 8.63. The molecule has 0 aromatic rings. The number of aliphatic hydroxyl groups excluding tert-OH is 1. The number of likely N-dealkylation sites (tertiary alicyclic amines) is 1. The minimum absolute atomic E-state index is 0.356. The van der Waals surface area contributed by atoms with Gasteiger partial charge in [-0.15, -0.1) is 0 Å². The second-order valence-corrected chi connectivity index (χ2v) is 6.82. The van der Waals surface area contributed by atoms with Gasteiger partial charge in [-0.05, 0) is 56.5 Å². The average molecular weight is 254 g/mol. The van der Waals surface area contributed by atoms with Crippen molar-refractivity contribution >= 4 is 0 Å². The van der Waals surface area contributed by atoms with Crippen LogP contribution >= 0.6 is 0 Å². The molecule has 1 heterocycles. The van der Waals surface area contributed by atoms with Gasteiger partial charge in [0.05, 0.1) is 0 Å². The molecule has 1 saturated carbocycles. The van der Waals surface area contributed by atoms with E-state index in [4.69, 9.17) is 5.11 Å². The lowest BCUT2D eigenvalue weighted by Gasteiger charge is -2.34. The predicted octanol–water partition coefficient (Wildman–Crippen LogP) is 1.86. The second-order valence-electron chi connectivity index (χ2n) is 6.82. The molecule has 0 aromatic heterocycles. The van der Waals surface area contributed by atoms with E-state index in [1.54, 1.807) is 0 Å². The molecule has 0 atom stereocenters. The molecule has 0 aromatic carbocycles. The standard InChI is InChI=1S/C15H30N2O/c1-13(2)11-17-8-3-14(4-9-17)16-12-15(5-6-15)7-10-18/h13-14,16,18H,3-12H2,1-2H3. The summed E-state index contributed by atoms with van der Waals surface area (Å²) in [6.07, 6.45) is 6.20. The van der Waals surface area contributed by atoms with Gasteiger partial charge in [-0.3, -0.25) is 0 Å². The van der Waals surface area contributed by atoms with E-state index in [1.165, 1.54) is 45.3 Å². The smallest absolute Gasteiger partial charge is 0.0436 e. The summed E-state index contributed by atoms with van der Waals surface area (Å²) in [5.74, 6) is 0.786. The number of nitrogens with one attached hydrogen (secondary N) is 1. The van der Waals surface area contributed by atoms with Crippen molar-refractivity contribution in [2.75, 3.05) is 32.8 Å². The van der Waals surface area contributed by atoms with Crippen LogP contribution in [0, 0.1) is 11.3 Å². The predicted molar refractivity (Wildman–Crippen MR) is 75.7 cm³/mol. The lowest BCUT2D eigenvalue weighted by atomic mass is 9.99. The van der Waals surface area contributed by atoms with E-state index in [1.807, 2.05) is 0 Å². The van der Waals surface area contributed by atoms with Crippen LogP contribution in [0.5, 0.6) is 0 Å². The van der Waals surface area contributed by atoms with Crippen LogP contribution in [0.3, 0.4) is 0 Å². The molecule has 1 saturated heterocycles. The minimum Gasteiger partial charge on any atom is -0.396 e. The third kappa shape index (κ3) is 4.22. The van der Waals surface area contributed by atoms with Gasteiger partial charge in [0.25, 0.3) is 0 Å². The third-order valence-corrected chi connectivity index (χ3v) is 4.58. The molecule has 1 aliphatic carbocycles. The van der Waals surface area contributed by atoms with E-state index < -0.39 is 0 Å². The lowest BCUT2D eigenvalue weighted by molar-refractivity contribution is 0.173. The molecule has 106 valence electrons. The van der Waals surface area contributed by atoms with Crippen molar-refractivity contribution in [3.05, 3.63) is 0 Å². The Balaban J connectivity index is 1.62. The van der Waals surface area contributed by atoms with Crippen LogP contribution in [0.4, 0.5) is 0 Å². The molecule has 1 aliphatic heterocycles. The maximum Gasteiger partial charge on any atom is 0.0436 e. The van der Waals surface area contributed by atoms with Crippen LogP contribution in [0.15, 0.2) is 0 Å². The summed E-state index contributed by atoms with van der Waals surface area (Å²) in [5, 5.41) is 12.8. The SMILES string of the molecule is CC(C)CN1CCC(NCC2(CCO)CC2)CC1. The molecule has 0 amide bonds. The Kier molecular flexibility index (Phi) is 5.05. The maximum atomic E-state index is 9.06. The van der Waals surface area contributed by atoms with E-state index in [-0.39, 0.29) is 0 Å². The summed E-state index contributed by atoms with van der Waals surface area (Å²) in [5.41, 5.74) is 0.462. The van der Waals surface area contributed by atoms with Gasteiger partial charge in [0.1, 0.15) is 0 Å². The highest BCUT2D eigenvalue weighted by atomic mass is 16.3. The molecule has 3 nitrogen and oxygen atoms in total. The van der Waals surface area contributed by atoms with Gasteiger partial charge in [0.2, 0.25) is 0 Å². The highest BCUT2D eigenvalue weighted by molar-refractivity contribution is 4.95. The van der Waals surface area contributed by atoms with Gasteiger partial charge in [0, 0.05) is 25.7 Å². The fraction of sp³-hybridized carbons (Fsp3) is 1.00. The Morgan fingerprint density at radius 3 is 2.44 bits per heavy atom. The molecule has 2 rings (SSSR count). The summed E-state index contributed by atoms with van der Waals surface area (Å²) in [7, 11) is 0. The number of aliphatic hydroxyl groups is 1. The molecule has 0 radical (unpaired) electrons. The van der Waals surface area contributed by atoms with Gasteiger partial charge in [-0.2, -0.15) is 0 Å². The van der Waals surface area contributed by atoms with Crippen LogP contribution in [0.1, 0.15) is 46.0 Å². The summed E-state index contributed by atoms with van der Waals surface area (Å²) in [6, 6.07) is 0.713. The van der Waals surface area contributed by atoms with E-state index >= 15 is 0 Å². The number of hydrogen-bond donors (Lipinski definition) is 2. The molecule has 0 spiro atoms. The topological polar surface area (TPSA) is 35.5 Å². The summed E-state index contributed by atoms with van der Waals surface area (Å²) < 4.78 is 0. The van der Waals surface area contributed by atoms with Crippen molar-refractivity contribution in [3.63, 3.8) is 0 Å².